The second kappa shape index (κ2) is 53.1. The number of H-pyrrole nitrogens is 1. The van der Waals surface area contributed by atoms with E-state index in [0.717, 1.165) is 26.5 Å². The van der Waals surface area contributed by atoms with Crippen LogP contribution in [0.3, 0.4) is 0 Å². The highest BCUT2D eigenvalue weighted by Crippen LogP contribution is 2.29. The minimum absolute atomic E-state index is 0.00540. The molecule has 2 aromatic heterocycles. The third kappa shape index (κ3) is 31.3. The molecule has 756 valence electrons. The fourth-order valence-corrected chi connectivity index (χ4v) is 18.2. The van der Waals surface area contributed by atoms with Crippen LogP contribution in [-0.4, -0.2) is 318 Å². The van der Waals surface area contributed by atoms with Gasteiger partial charge in [0, 0.05) is 113 Å². The van der Waals surface area contributed by atoms with Crippen molar-refractivity contribution in [3.8, 4) is 5.75 Å². The number of aliphatic carboxylic acids is 1. The number of guanidine groups is 1. The fraction of sp³-hybridized carbons (Fsp3) is 0.574. The van der Waals surface area contributed by atoms with Crippen LogP contribution >= 0.6 is 11.8 Å². The smallest absolute Gasteiger partial charge is 0.323 e. The van der Waals surface area contributed by atoms with E-state index in [1.165, 1.54) is 72.9 Å². The monoisotopic (exact) mass is 1940 g/mol. The number of likely N-dealkylation sites (N-methyl/N-ethyl adjacent to an activating group) is 3. The number of aromatic amines is 1. The summed E-state index contributed by atoms with van der Waals surface area (Å²) < 4.78 is 1.45. The van der Waals surface area contributed by atoms with Crippen molar-refractivity contribution in [1.82, 2.24) is 92.5 Å². The number of hydrogen-bond acceptors (Lipinski definition) is 23. The lowest BCUT2D eigenvalue weighted by molar-refractivity contribution is -0.149. The first kappa shape index (κ1) is 110. The number of aliphatic hydroxyl groups is 1. The number of benzene rings is 3. The van der Waals surface area contributed by atoms with Gasteiger partial charge < -0.3 is 131 Å². The number of nitrogens with zero attached hydrogens (tertiary/aromatic N) is 6. The van der Waals surface area contributed by atoms with Crippen molar-refractivity contribution in [2.75, 3.05) is 71.9 Å². The highest BCUT2D eigenvalue weighted by molar-refractivity contribution is 8.00. The molecular formula is C94H139N23O20S. The van der Waals surface area contributed by atoms with Crippen LogP contribution in [0.15, 0.2) is 85.2 Å². The standard InChI is InChI=1S/C94H139N23O20S/c1-11-13-15-28-75-93(137)113(9)73(26-14-12-2)86(130)106-65(38-52(3)4)83(127)111-71(81(125)102-46-77(97)120)50-138-51-78(121)103-68(40-55-30-32-58(118)33-31-55)89(133)112(8)54(7)80(124)105-64(25-20-36-100-94(98)99)91(135)116-37-21-29-74(116)87(131)110-70(44-96)85(129)108-67(39-53(5)6)92(136)117-48-59(119)43-76(117)88(132)107-66(41-56-45-101-62-24-18-16-22-60(56)62)84(128)104-63(34-35-95)82(126)109-69(90(134)114(75)10)42-57-47-115(49-79(122)123)72-27-19-17-23-61(57)72/h16-19,22-24,27,30-33,45,47,52-54,59,63-71,73-76,101,118-119H,11-15,20-21,25-26,28-29,34-44,46,48-51,95-96H2,1-10H3,(H2,97,120)(H,102,125)(H,103,121)(H,104,128)(H,105,124)(H,106,130)(H,107,132)(H,108,129)(H,109,126)(H,110,131)(H,111,127)(H,122,123)(H4,98,99,100)/t54-,59?,63-,64-,65-,66-,67-,68-,69-,70-,71-,73-,74?,75-,76-/m0/s1. The van der Waals surface area contributed by atoms with Gasteiger partial charge in [-0.3, -0.25) is 86.9 Å². The Bertz CT molecular complexity index is 5130. The van der Waals surface area contributed by atoms with E-state index in [1.54, 1.807) is 82.4 Å². The van der Waals surface area contributed by atoms with Crippen LogP contribution in [0.25, 0.3) is 21.8 Å². The number of carboxylic acids is 1. The first-order chi connectivity index (χ1) is 65.6. The number of nitrogens with one attached hydrogen (secondary N) is 13. The number of rotatable bonds is 29. The van der Waals surface area contributed by atoms with E-state index in [1.807, 2.05) is 13.8 Å². The Labute approximate surface area is 806 Å². The predicted molar refractivity (Wildman–Crippen MR) is 515 cm³/mol. The normalized spacial score (nSPS) is 24.5. The lowest BCUT2D eigenvalue weighted by Gasteiger charge is -2.36. The van der Waals surface area contributed by atoms with Crippen molar-refractivity contribution in [2.45, 2.75) is 261 Å². The molecule has 0 radical (unpaired) electrons. The first-order valence-electron chi connectivity index (χ1n) is 47.1. The topological polar surface area (TPSA) is 648 Å². The number of thioether (sulfide) groups is 1. The Morgan fingerprint density at radius 2 is 1.12 bits per heavy atom. The lowest BCUT2D eigenvalue weighted by atomic mass is 9.99. The average molecular weight is 1940 g/mol. The number of carbonyl (C=O) groups is 17. The molecule has 0 bridgehead atoms. The quantitative estimate of drug-likeness (QED) is 0.0148. The predicted octanol–water partition coefficient (Wildman–Crippen LogP) is -1.46. The molecule has 3 fully saturated rings. The molecule has 5 aromatic rings. The summed E-state index contributed by atoms with van der Waals surface area (Å²) in [6.07, 6.45) is 2.76. The molecule has 2 unspecified atom stereocenters. The Balaban J connectivity index is 1.22. The van der Waals surface area contributed by atoms with Crippen molar-refractivity contribution in [3.63, 3.8) is 0 Å². The number of aromatic hydroxyl groups is 1. The number of hydrogen-bond donors (Lipinski definition) is 20. The SMILES string of the molecule is CCCCC[C@H]1C(=O)N(C)[C@@H](CCCC)C(=O)N[C@@H](CC(C)C)C(=O)N[C@H](C(=O)NCC(N)=O)CSCC(=O)N[C@@H](Cc2ccc(O)cc2)C(=O)N(C)[C@@H](C)C(=O)N[C@@H](CCCNC(=N)N)C(=O)N2CCCC2C(=O)N[C@@H](CN)C(=O)N[C@@H](CC(C)C)C(=O)N2CC(O)C[C@H]2C(=O)N[C@@H](Cc2c[nH]c3ccccc23)C(=O)N[C@@H](CCN)C(=O)N[C@@H](Cc2cn(CC(=O)O)c3ccccc23)C(=O)N1C. The fourth-order valence-electron chi connectivity index (χ4n) is 17.4. The maximum Gasteiger partial charge on any atom is 0.323 e. The number of aromatic nitrogens is 2. The van der Waals surface area contributed by atoms with Gasteiger partial charge in [0.25, 0.3) is 0 Å². The number of phenols is 1. The summed E-state index contributed by atoms with van der Waals surface area (Å²) in [5, 5.41) is 70.5. The maximum absolute atomic E-state index is 16.1. The Morgan fingerprint density at radius 3 is 1.78 bits per heavy atom. The zero-order valence-corrected chi connectivity index (χ0v) is 81.0. The average Bonchev–Trinajstić information content (AvgIpc) is 1.60. The number of carboxylic acid groups (broad SMARTS) is 1. The molecule has 0 saturated carbocycles. The van der Waals surface area contributed by atoms with Gasteiger partial charge >= 0.3 is 5.97 Å². The van der Waals surface area contributed by atoms with E-state index in [-0.39, 0.29) is 121 Å². The number of amides is 16. The van der Waals surface area contributed by atoms with Gasteiger partial charge in [0.1, 0.15) is 96.9 Å². The minimum Gasteiger partial charge on any atom is -0.508 e. The third-order valence-electron chi connectivity index (χ3n) is 24.9. The lowest BCUT2D eigenvalue weighted by Crippen LogP contribution is -2.61. The summed E-state index contributed by atoms with van der Waals surface area (Å²) in [6, 6.07) is -1.34. The molecule has 3 aliphatic heterocycles. The molecule has 16 amide bonds. The van der Waals surface area contributed by atoms with Crippen molar-refractivity contribution < 1.29 is 96.8 Å². The number of carbonyl (C=O) groups excluding carboxylic acids is 16. The highest BCUT2D eigenvalue weighted by atomic mass is 32.2. The van der Waals surface area contributed by atoms with Crippen LogP contribution in [0, 0.1) is 17.2 Å². The molecule has 44 heteroatoms. The van der Waals surface area contributed by atoms with Gasteiger partial charge in [-0.25, -0.2) is 0 Å². The summed E-state index contributed by atoms with van der Waals surface area (Å²) in [6.45, 7) is 9.66. The van der Waals surface area contributed by atoms with Crippen molar-refractivity contribution >= 4 is 140 Å². The van der Waals surface area contributed by atoms with Crippen LogP contribution in [0.5, 0.6) is 5.75 Å². The molecule has 15 atom stereocenters. The van der Waals surface area contributed by atoms with Crippen molar-refractivity contribution in [2.24, 2.45) is 34.8 Å². The number of aliphatic hydroxyl groups excluding tert-OH is 1. The van der Waals surface area contributed by atoms with Gasteiger partial charge in [-0.2, -0.15) is 0 Å². The number of para-hydroxylation sites is 2. The van der Waals surface area contributed by atoms with Gasteiger partial charge in [0.15, 0.2) is 5.96 Å². The Morgan fingerprint density at radius 1 is 0.551 bits per heavy atom. The summed E-state index contributed by atoms with van der Waals surface area (Å²) in [7, 11) is 4.00. The summed E-state index contributed by atoms with van der Waals surface area (Å²) >= 11 is 0.806. The summed E-state index contributed by atoms with van der Waals surface area (Å²) in [5.41, 5.74) is 26.0. The van der Waals surface area contributed by atoms with Crippen LogP contribution < -0.4 is 81.4 Å². The summed E-state index contributed by atoms with van der Waals surface area (Å²) in [5.74, 6) is -17.4. The number of fused-ring (bicyclic) bond motifs is 4. The first-order valence-corrected chi connectivity index (χ1v) is 48.3. The zero-order chi connectivity index (χ0) is 101. The van der Waals surface area contributed by atoms with E-state index in [0.29, 0.717) is 70.6 Å². The molecule has 5 heterocycles. The molecule has 8 rings (SSSR count). The summed E-state index contributed by atoms with van der Waals surface area (Å²) in [4.78, 5) is 260. The molecule has 3 saturated heterocycles. The highest BCUT2D eigenvalue weighted by Gasteiger charge is 2.47. The van der Waals surface area contributed by atoms with E-state index in [9.17, 15) is 58.5 Å². The Hall–Kier alpha value is -13.0. The molecule has 0 aliphatic carbocycles. The van der Waals surface area contributed by atoms with Gasteiger partial charge in [0.05, 0.1) is 18.4 Å². The maximum atomic E-state index is 16.1. The molecular weight excluding hydrogens is 1800 g/mol. The largest absolute Gasteiger partial charge is 0.508 e. The van der Waals surface area contributed by atoms with E-state index < -0.39 is 235 Å². The van der Waals surface area contributed by atoms with Crippen LogP contribution in [0.4, 0.5) is 0 Å². The van der Waals surface area contributed by atoms with Gasteiger partial charge in [-0.1, -0.05) is 122 Å². The second-order valence-electron chi connectivity index (χ2n) is 36.5. The molecule has 0 spiro atoms. The zero-order valence-electron chi connectivity index (χ0n) is 80.2. The van der Waals surface area contributed by atoms with Gasteiger partial charge in [0.2, 0.25) is 94.5 Å². The van der Waals surface area contributed by atoms with E-state index in [4.69, 9.17) is 28.3 Å². The third-order valence-corrected chi connectivity index (χ3v) is 25.9. The van der Waals surface area contributed by atoms with E-state index in [2.05, 4.69) is 63.5 Å². The number of nitrogens with two attached hydrogens (primary N) is 4. The number of unbranched alkanes of at least 4 members (excludes halogenated alkanes) is 3. The van der Waals surface area contributed by atoms with Gasteiger partial charge in [-0.15, -0.1) is 11.8 Å². The molecule has 43 nitrogen and oxygen atoms in total. The number of primary amides is 1. The minimum atomic E-state index is -1.66. The van der Waals surface area contributed by atoms with Crippen LogP contribution in [-0.2, 0) is 107 Å². The molecule has 3 aliphatic rings. The number of phenolic OH excluding ortho intramolecular Hbond substituents is 1. The van der Waals surface area contributed by atoms with Crippen LogP contribution in [0.2, 0.25) is 0 Å². The van der Waals surface area contributed by atoms with Crippen LogP contribution in [0.1, 0.15) is 161 Å². The molecule has 24 N–H and O–H groups in total. The van der Waals surface area contributed by atoms with Gasteiger partial charge in [-0.05, 0) is 124 Å². The van der Waals surface area contributed by atoms with Crippen molar-refractivity contribution in [3.05, 3.63) is 102 Å². The Kier molecular flexibility index (Phi) is 42.5. The van der Waals surface area contributed by atoms with Crippen molar-refractivity contribution in [1.29, 1.82) is 5.41 Å². The second-order valence-corrected chi connectivity index (χ2v) is 37.5. The molecule has 3 aromatic carbocycles. The molecule has 138 heavy (non-hydrogen) atoms. The van der Waals surface area contributed by atoms with E-state index >= 15 is 38.4 Å².